The number of nitrogens with zero attached hydrogens (tertiary/aromatic N) is 1. The van der Waals surface area contributed by atoms with Crippen LogP contribution in [-0.2, 0) is 16.1 Å². The van der Waals surface area contributed by atoms with Gasteiger partial charge in [0.2, 0.25) is 0 Å². The third-order valence-corrected chi connectivity index (χ3v) is 3.31. The fourth-order valence-electron chi connectivity index (χ4n) is 2.15. The van der Waals surface area contributed by atoms with Crippen molar-refractivity contribution in [3.05, 3.63) is 35.4 Å². The lowest BCUT2D eigenvalue weighted by Gasteiger charge is -2.29. The molecule has 0 saturated carbocycles. The Morgan fingerprint density at radius 1 is 1.45 bits per heavy atom. The molecule has 1 N–H and O–H groups in total. The third kappa shape index (κ3) is 3.32. The summed E-state index contributed by atoms with van der Waals surface area (Å²) in [5, 5.41) is 3.06. The molecule has 1 unspecified atom stereocenters. The summed E-state index contributed by atoms with van der Waals surface area (Å²) >= 11 is 0. The highest BCUT2D eigenvalue weighted by Gasteiger charge is 2.27. The van der Waals surface area contributed by atoms with E-state index in [1.807, 2.05) is 0 Å². The zero-order valence-corrected chi connectivity index (χ0v) is 11.4. The molecule has 0 radical (unpaired) electrons. The quantitative estimate of drug-likeness (QED) is 0.906. The predicted molar refractivity (Wildman–Crippen MR) is 70.1 cm³/mol. The number of likely N-dealkylation sites (N-methyl/N-ethyl adjacent to an activating group) is 1. The van der Waals surface area contributed by atoms with E-state index in [1.165, 1.54) is 23.1 Å². The fourth-order valence-corrected chi connectivity index (χ4v) is 2.15. The van der Waals surface area contributed by atoms with E-state index in [4.69, 9.17) is 4.74 Å². The van der Waals surface area contributed by atoms with Gasteiger partial charge >= 0.3 is 0 Å². The first-order valence-corrected chi connectivity index (χ1v) is 6.67. The molecule has 1 heterocycles. The van der Waals surface area contributed by atoms with Crippen molar-refractivity contribution in [1.82, 2.24) is 10.2 Å². The number of rotatable bonds is 4. The molecule has 1 aliphatic rings. The van der Waals surface area contributed by atoms with E-state index in [1.54, 1.807) is 6.92 Å². The van der Waals surface area contributed by atoms with Gasteiger partial charge in [-0.25, -0.2) is 8.78 Å². The Labute approximate surface area is 116 Å². The molecule has 0 aliphatic carbocycles. The smallest absolute Gasteiger partial charge is 0.253 e. The SMILES string of the molecule is CCN(Cc1c(F)cccc1F)C(=O)C1CNCCO1. The number of ether oxygens (including phenoxy) is 1. The maximum absolute atomic E-state index is 13.6. The van der Waals surface area contributed by atoms with Crippen LogP contribution in [0.5, 0.6) is 0 Å². The maximum Gasteiger partial charge on any atom is 0.253 e. The minimum Gasteiger partial charge on any atom is -0.366 e. The van der Waals surface area contributed by atoms with E-state index >= 15 is 0 Å². The van der Waals surface area contributed by atoms with Gasteiger partial charge in [-0.3, -0.25) is 4.79 Å². The molecule has 2 rings (SSSR count). The predicted octanol–water partition coefficient (Wildman–Crippen LogP) is 1.30. The lowest BCUT2D eigenvalue weighted by atomic mass is 10.1. The van der Waals surface area contributed by atoms with Crippen LogP contribution in [0.2, 0.25) is 0 Å². The molecule has 1 saturated heterocycles. The van der Waals surface area contributed by atoms with Gasteiger partial charge in [-0.15, -0.1) is 0 Å². The molecule has 4 nitrogen and oxygen atoms in total. The number of benzene rings is 1. The molecule has 0 aromatic heterocycles. The highest BCUT2D eigenvalue weighted by molar-refractivity contribution is 5.81. The first-order chi connectivity index (χ1) is 9.63. The lowest BCUT2D eigenvalue weighted by Crippen LogP contribution is -2.49. The van der Waals surface area contributed by atoms with Crippen LogP contribution < -0.4 is 5.32 Å². The van der Waals surface area contributed by atoms with E-state index in [-0.39, 0.29) is 18.0 Å². The van der Waals surface area contributed by atoms with Crippen LogP contribution >= 0.6 is 0 Å². The molecular weight excluding hydrogens is 266 g/mol. The van der Waals surface area contributed by atoms with E-state index in [0.717, 1.165) is 0 Å². The Morgan fingerprint density at radius 3 is 2.70 bits per heavy atom. The van der Waals surface area contributed by atoms with E-state index in [9.17, 15) is 13.6 Å². The number of halogens is 2. The minimum atomic E-state index is -0.640. The van der Waals surface area contributed by atoms with Crippen molar-refractivity contribution >= 4 is 5.91 Å². The second-order valence-electron chi connectivity index (χ2n) is 4.62. The molecule has 6 heteroatoms. The van der Waals surface area contributed by atoms with Crippen LogP contribution in [0.3, 0.4) is 0 Å². The first kappa shape index (κ1) is 14.9. The van der Waals surface area contributed by atoms with Crippen molar-refractivity contribution in [1.29, 1.82) is 0 Å². The molecule has 1 aliphatic heterocycles. The summed E-state index contributed by atoms with van der Waals surface area (Å²) in [7, 11) is 0. The molecule has 110 valence electrons. The molecule has 1 fully saturated rings. The summed E-state index contributed by atoms with van der Waals surface area (Å²) in [6.07, 6.45) is -0.585. The van der Waals surface area contributed by atoms with Crippen LogP contribution in [0.4, 0.5) is 8.78 Å². The van der Waals surface area contributed by atoms with Crippen molar-refractivity contribution in [2.45, 2.75) is 19.6 Å². The lowest BCUT2D eigenvalue weighted by molar-refractivity contribution is -0.145. The largest absolute Gasteiger partial charge is 0.366 e. The average molecular weight is 284 g/mol. The zero-order valence-electron chi connectivity index (χ0n) is 11.4. The Balaban J connectivity index is 2.10. The van der Waals surface area contributed by atoms with Crippen molar-refractivity contribution in [2.75, 3.05) is 26.2 Å². The van der Waals surface area contributed by atoms with Gasteiger partial charge in [0.1, 0.15) is 17.7 Å². The second kappa shape index (κ2) is 6.76. The molecule has 0 spiro atoms. The number of nitrogens with one attached hydrogen (secondary N) is 1. The van der Waals surface area contributed by atoms with Crippen molar-refractivity contribution in [3.8, 4) is 0 Å². The van der Waals surface area contributed by atoms with Crippen molar-refractivity contribution < 1.29 is 18.3 Å². The Kier molecular flexibility index (Phi) is 5.03. The van der Waals surface area contributed by atoms with Crippen LogP contribution in [0.15, 0.2) is 18.2 Å². The van der Waals surface area contributed by atoms with Crippen LogP contribution in [0, 0.1) is 11.6 Å². The number of carbonyl (C=O) groups excluding carboxylic acids is 1. The summed E-state index contributed by atoms with van der Waals surface area (Å²) in [4.78, 5) is 13.7. The second-order valence-corrected chi connectivity index (χ2v) is 4.62. The summed E-state index contributed by atoms with van der Waals surface area (Å²) in [6.45, 7) is 3.64. The summed E-state index contributed by atoms with van der Waals surface area (Å²) < 4.78 is 32.6. The third-order valence-electron chi connectivity index (χ3n) is 3.31. The van der Waals surface area contributed by atoms with E-state index < -0.39 is 17.7 Å². The molecule has 1 atom stereocenters. The number of carbonyl (C=O) groups is 1. The number of morpholine rings is 1. The van der Waals surface area contributed by atoms with Crippen molar-refractivity contribution in [3.63, 3.8) is 0 Å². The summed E-state index contributed by atoms with van der Waals surface area (Å²) in [5.41, 5.74) is -0.0912. The fraction of sp³-hybridized carbons (Fsp3) is 0.500. The monoisotopic (exact) mass is 284 g/mol. The van der Waals surface area contributed by atoms with E-state index in [0.29, 0.717) is 26.2 Å². The summed E-state index contributed by atoms with van der Waals surface area (Å²) in [6, 6.07) is 3.69. The molecule has 1 aromatic rings. The topological polar surface area (TPSA) is 41.6 Å². The van der Waals surface area contributed by atoms with Gasteiger partial charge < -0.3 is 15.0 Å². The van der Waals surface area contributed by atoms with Crippen molar-refractivity contribution in [2.24, 2.45) is 0 Å². The highest BCUT2D eigenvalue weighted by atomic mass is 19.1. The minimum absolute atomic E-state index is 0.0896. The molecule has 0 bridgehead atoms. The van der Waals surface area contributed by atoms with Gasteiger partial charge in [0.25, 0.3) is 5.91 Å². The van der Waals surface area contributed by atoms with Crippen LogP contribution in [0.25, 0.3) is 0 Å². The van der Waals surface area contributed by atoms with Crippen LogP contribution in [0.1, 0.15) is 12.5 Å². The Bertz CT molecular complexity index is 456. The van der Waals surface area contributed by atoms with E-state index in [2.05, 4.69) is 5.32 Å². The Hall–Kier alpha value is -1.53. The number of hydrogen-bond donors (Lipinski definition) is 1. The average Bonchev–Trinajstić information content (AvgIpc) is 2.47. The molecular formula is C14H18F2N2O2. The molecule has 20 heavy (non-hydrogen) atoms. The summed E-state index contributed by atoms with van der Waals surface area (Å²) in [5.74, 6) is -1.53. The highest BCUT2D eigenvalue weighted by Crippen LogP contribution is 2.16. The van der Waals surface area contributed by atoms with Gasteiger partial charge in [-0.05, 0) is 19.1 Å². The normalized spacial score (nSPS) is 18.9. The maximum atomic E-state index is 13.6. The van der Waals surface area contributed by atoms with Gasteiger partial charge in [-0.2, -0.15) is 0 Å². The Morgan fingerprint density at radius 2 is 2.15 bits per heavy atom. The molecule has 1 aromatic carbocycles. The molecule has 1 amide bonds. The standard InChI is InChI=1S/C14H18F2N2O2/c1-2-18(14(19)13-8-17-6-7-20-13)9-10-11(15)4-3-5-12(10)16/h3-5,13,17H,2,6-9H2,1H3. The van der Waals surface area contributed by atoms with Gasteiger partial charge in [0, 0.05) is 25.2 Å². The van der Waals surface area contributed by atoms with Gasteiger partial charge in [0.05, 0.1) is 13.2 Å². The van der Waals surface area contributed by atoms with Gasteiger partial charge in [0.15, 0.2) is 0 Å². The number of hydrogen-bond acceptors (Lipinski definition) is 3. The van der Waals surface area contributed by atoms with Gasteiger partial charge in [-0.1, -0.05) is 6.07 Å². The van der Waals surface area contributed by atoms with Crippen LogP contribution in [-0.4, -0.2) is 43.2 Å². The first-order valence-electron chi connectivity index (χ1n) is 6.67. The number of amides is 1. The zero-order chi connectivity index (χ0) is 14.5.